The summed E-state index contributed by atoms with van der Waals surface area (Å²) < 4.78 is 30.6. The van der Waals surface area contributed by atoms with Crippen molar-refractivity contribution in [1.29, 1.82) is 0 Å². The van der Waals surface area contributed by atoms with Gasteiger partial charge in [0.2, 0.25) is 5.91 Å². The lowest BCUT2D eigenvalue weighted by Crippen LogP contribution is -2.47. The Labute approximate surface area is 432 Å². The van der Waals surface area contributed by atoms with E-state index in [2.05, 4.69) is 74.7 Å². The number of hydrogen-bond acceptors (Lipinski definition) is 6. The molecule has 0 heterocycles. The first-order valence-electron chi connectivity index (χ1n) is 29.1. The van der Waals surface area contributed by atoms with Crippen LogP contribution in [0.25, 0.3) is 0 Å². The van der Waals surface area contributed by atoms with Gasteiger partial charge in [-0.05, 0) is 96.0 Å². The van der Waals surface area contributed by atoms with Gasteiger partial charge in [-0.3, -0.25) is 18.6 Å². The third-order valence-electron chi connectivity index (χ3n) is 12.7. The molecule has 0 aromatic rings. The van der Waals surface area contributed by atoms with E-state index in [0.29, 0.717) is 23.9 Å². The predicted molar refractivity (Wildman–Crippen MR) is 300 cm³/mol. The first-order chi connectivity index (χ1) is 33.9. The number of carbonyl (C=O) groups excluding carboxylic acids is 2. The van der Waals surface area contributed by atoms with Crippen molar-refractivity contribution < 1.29 is 37.3 Å². The third kappa shape index (κ3) is 50.6. The number of nitrogens with one attached hydrogen (secondary N) is 1. The van der Waals surface area contributed by atoms with E-state index in [4.69, 9.17) is 13.8 Å². The van der Waals surface area contributed by atoms with Gasteiger partial charge in [-0.15, -0.1) is 0 Å². The summed E-state index contributed by atoms with van der Waals surface area (Å²) >= 11 is 0. The number of quaternary nitrogens is 1. The van der Waals surface area contributed by atoms with E-state index in [1.54, 1.807) is 0 Å². The van der Waals surface area contributed by atoms with E-state index < -0.39 is 20.0 Å². The maximum atomic E-state index is 13.5. The van der Waals surface area contributed by atoms with Crippen molar-refractivity contribution in [3.8, 4) is 0 Å². The quantitative estimate of drug-likeness (QED) is 0.0205. The third-order valence-corrected chi connectivity index (χ3v) is 13.7. The number of carbonyl (C=O) groups is 2. The minimum Gasteiger partial charge on any atom is -0.456 e. The van der Waals surface area contributed by atoms with Crippen LogP contribution < -0.4 is 5.32 Å². The summed E-state index contributed by atoms with van der Waals surface area (Å²) in [5.74, 6) is -0.537. The maximum absolute atomic E-state index is 13.5. The average Bonchev–Trinajstić information content (AvgIpc) is 3.32. The Morgan fingerprint density at radius 3 is 1.36 bits per heavy atom. The number of phosphoric ester groups is 1. The van der Waals surface area contributed by atoms with Crippen LogP contribution >= 0.6 is 7.82 Å². The Morgan fingerprint density at radius 1 is 0.500 bits per heavy atom. The Morgan fingerprint density at radius 2 is 0.871 bits per heavy atom. The zero-order valence-corrected chi connectivity index (χ0v) is 47.4. The molecule has 10 heteroatoms. The fourth-order valence-electron chi connectivity index (χ4n) is 8.12. The molecule has 0 bridgehead atoms. The van der Waals surface area contributed by atoms with Gasteiger partial charge >= 0.3 is 13.8 Å². The normalized spacial score (nSPS) is 14.2. The van der Waals surface area contributed by atoms with Crippen molar-refractivity contribution in [2.75, 3.05) is 40.9 Å². The number of rotatable bonds is 52. The topological polar surface area (TPSA) is 111 Å². The van der Waals surface area contributed by atoms with Gasteiger partial charge in [-0.2, -0.15) is 0 Å². The van der Waals surface area contributed by atoms with Gasteiger partial charge in [0.15, 0.2) is 0 Å². The molecule has 1 amide bonds. The second-order valence-corrected chi connectivity index (χ2v) is 22.3. The van der Waals surface area contributed by atoms with E-state index in [1.165, 1.54) is 128 Å². The van der Waals surface area contributed by atoms with Crippen molar-refractivity contribution in [2.45, 2.75) is 270 Å². The molecule has 0 aliphatic heterocycles. The molecular formula is C60H112N2O7P+. The van der Waals surface area contributed by atoms with Crippen LogP contribution in [0.2, 0.25) is 0 Å². The van der Waals surface area contributed by atoms with Crippen LogP contribution in [0.4, 0.5) is 0 Å². The molecule has 0 saturated carbocycles. The summed E-state index contributed by atoms with van der Waals surface area (Å²) in [5, 5.41) is 3.04. The first kappa shape index (κ1) is 67.7. The van der Waals surface area contributed by atoms with Gasteiger partial charge in [-0.1, -0.05) is 210 Å². The van der Waals surface area contributed by atoms with Crippen LogP contribution in [0.5, 0.6) is 0 Å². The zero-order chi connectivity index (χ0) is 51.5. The lowest BCUT2D eigenvalue weighted by molar-refractivity contribution is -0.870. The van der Waals surface area contributed by atoms with Gasteiger partial charge in [0.1, 0.15) is 19.3 Å². The molecule has 0 aromatic heterocycles. The minimum absolute atomic E-state index is 0.0340. The van der Waals surface area contributed by atoms with E-state index in [1.807, 2.05) is 33.3 Å². The highest BCUT2D eigenvalue weighted by atomic mass is 31.2. The molecule has 0 radical (unpaired) electrons. The monoisotopic (exact) mass is 1000 g/mol. The molecule has 408 valence electrons. The van der Waals surface area contributed by atoms with E-state index in [-0.39, 0.29) is 31.5 Å². The van der Waals surface area contributed by atoms with Crippen LogP contribution in [0.1, 0.15) is 258 Å². The number of ether oxygens (including phenoxy) is 1. The number of hydrogen-bond donors (Lipinski definition) is 2. The van der Waals surface area contributed by atoms with Crippen molar-refractivity contribution in [2.24, 2.45) is 0 Å². The molecule has 2 N–H and O–H groups in total. The van der Waals surface area contributed by atoms with Crippen molar-refractivity contribution in [3.05, 3.63) is 60.8 Å². The van der Waals surface area contributed by atoms with Crippen molar-refractivity contribution >= 4 is 19.7 Å². The van der Waals surface area contributed by atoms with E-state index in [9.17, 15) is 19.0 Å². The van der Waals surface area contributed by atoms with Gasteiger partial charge in [0.25, 0.3) is 0 Å². The lowest BCUT2D eigenvalue weighted by Gasteiger charge is -2.27. The molecule has 0 saturated heterocycles. The molecule has 0 aliphatic carbocycles. The second-order valence-electron chi connectivity index (χ2n) is 20.8. The fraction of sp³-hybridized carbons (Fsp3) is 0.800. The van der Waals surface area contributed by atoms with Crippen LogP contribution in [0, 0.1) is 0 Å². The standard InChI is InChI=1S/C60H111N2O7P/c1-7-10-13-16-19-22-25-28-29-30-31-32-33-35-37-40-43-46-49-52-59(63)61-57(56-68-70(65,66)67-55-54-62(4,5)6)58(51-48-45-42-39-36-27-24-21-18-15-12-9-3)69-60(64)53-50-47-44-41-38-34-26-23-20-17-14-11-8-2/h19,22,28-29,31-32,34,38,48,51,57-58H,7-18,20-21,23-27,30,33,35-37,39-47,49-50,52-56H2,1-6H3,(H-,61,63,65,66)/p+1/b22-19-,29-28-,32-31-,38-34-,51-48-. The molecule has 0 aliphatic rings. The van der Waals surface area contributed by atoms with Gasteiger partial charge in [-0.25, -0.2) is 4.57 Å². The molecule has 9 nitrogen and oxygen atoms in total. The van der Waals surface area contributed by atoms with Crippen LogP contribution in [-0.2, 0) is 27.9 Å². The summed E-state index contributed by atoms with van der Waals surface area (Å²) in [6, 6.07) is -0.861. The molecule has 0 spiro atoms. The molecule has 3 atom stereocenters. The highest BCUT2D eigenvalue weighted by Crippen LogP contribution is 2.43. The molecule has 0 fully saturated rings. The zero-order valence-electron chi connectivity index (χ0n) is 46.5. The van der Waals surface area contributed by atoms with Gasteiger partial charge in [0, 0.05) is 12.8 Å². The average molecular weight is 1000 g/mol. The number of unbranched alkanes of at least 4 members (excludes halogenated alkanes) is 28. The largest absolute Gasteiger partial charge is 0.472 e. The lowest BCUT2D eigenvalue weighted by atomic mass is 10.0. The van der Waals surface area contributed by atoms with Gasteiger partial charge in [0.05, 0.1) is 33.8 Å². The Hall–Kier alpha value is -2.29. The molecular weight excluding hydrogens is 892 g/mol. The van der Waals surface area contributed by atoms with Crippen molar-refractivity contribution in [1.82, 2.24) is 5.32 Å². The van der Waals surface area contributed by atoms with Gasteiger partial charge < -0.3 is 19.4 Å². The highest BCUT2D eigenvalue weighted by Gasteiger charge is 2.30. The SMILES string of the molecule is CCCCC/C=C\C/C=C\C/C=C\CCCCCCCCC(=O)NC(COP(=O)(O)OCC[N+](C)(C)C)C(/C=C\CCCCCCCCCCCC)OC(=O)CCCCC/C=C\CCCCCCCC. The number of esters is 1. The molecule has 3 unspecified atom stereocenters. The predicted octanol–water partition coefficient (Wildman–Crippen LogP) is 17.5. The van der Waals surface area contributed by atoms with Crippen LogP contribution in [-0.4, -0.2) is 74.3 Å². The molecule has 0 aromatic carbocycles. The minimum atomic E-state index is -4.45. The number of likely N-dealkylation sites (N-methyl/N-ethyl adjacent to an activating group) is 1. The Bertz CT molecular complexity index is 1390. The summed E-state index contributed by atoms with van der Waals surface area (Å²) in [4.78, 5) is 37.6. The number of allylic oxidation sites excluding steroid dienone is 9. The van der Waals surface area contributed by atoms with E-state index in [0.717, 1.165) is 89.9 Å². The second kappa shape index (κ2) is 50.3. The molecule has 0 rings (SSSR count). The maximum Gasteiger partial charge on any atom is 0.472 e. The highest BCUT2D eigenvalue weighted by molar-refractivity contribution is 7.47. The van der Waals surface area contributed by atoms with E-state index >= 15 is 0 Å². The van der Waals surface area contributed by atoms with Crippen molar-refractivity contribution in [3.63, 3.8) is 0 Å². The van der Waals surface area contributed by atoms with Crippen LogP contribution in [0.15, 0.2) is 60.8 Å². The number of nitrogens with zero attached hydrogens (tertiary/aromatic N) is 1. The summed E-state index contributed by atoms with van der Waals surface area (Å²) in [7, 11) is 1.48. The summed E-state index contributed by atoms with van der Waals surface area (Å²) in [5.41, 5.74) is 0. The Balaban J connectivity index is 5.35. The summed E-state index contributed by atoms with van der Waals surface area (Å²) in [6.07, 6.45) is 62.1. The number of phosphoric acid groups is 1. The fourth-order valence-corrected chi connectivity index (χ4v) is 8.85. The van der Waals surface area contributed by atoms with Crippen LogP contribution in [0.3, 0.4) is 0 Å². The molecule has 70 heavy (non-hydrogen) atoms. The summed E-state index contributed by atoms with van der Waals surface area (Å²) in [6.45, 7) is 6.95. The first-order valence-corrected chi connectivity index (χ1v) is 30.6. The smallest absolute Gasteiger partial charge is 0.456 e. The Kier molecular flexibility index (Phi) is 48.6. The number of amides is 1.